The smallest absolute Gasteiger partial charge is 0.327 e. The van der Waals surface area contributed by atoms with Crippen LogP contribution in [0.1, 0.15) is 52.4 Å². The van der Waals surface area contributed by atoms with Crippen molar-refractivity contribution in [2.45, 2.75) is 58.9 Å². The number of aromatic amines is 1. The van der Waals surface area contributed by atoms with Crippen molar-refractivity contribution in [1.82, 2.24) is 24.4 Å². The number of fused-ring (bicyclic) bond motifs is 1. The first-order valence-corrected chi connectivity index (χ1v) is 10.2. The van der Waals surface area contributed by atoms with Crippen LogP contribution in [0.2, 0.25) is 0 Å². The number of nitrogens with two attached hydrogens (primary N) is 1. The maximum atomic E-state index is 12.5. The fourth-order valence-electron chi connectivity index (χ4n) is 3.72. The van der Waals surface area contributed by atoms with E-state index in [9.17, 15) is 4.79 Å². The van der Waals surface area contributed by atoms with Crippen molar-refractivity contribution >= 4 is 17.0 Å². The molecule has 1 unspecified atom stereocenters. The van der Waals surface area contributed by atoms with Crippen LogP contribution in [-0.4, -0.2) is 50.7 Å². The van der Waals surface area contributed by atoms with E-state index in [0.717, 1.165) is 38.9 Å². The number of piperidine rings is 1. The molecule has 3 N–H and O–H groups in total. The van der Waals surface area contributed by atoms with Gasteiger partial charge < -0.3 is 20.4 Å². The van der Waals surface area contributed by atoms with Gasteiger partial charge in [-0.3, -0.25) is 4.57 Å². The summed E-state index contributed by atoms with van der Waals surface area (Å²) in [4.78, 5) is 26.5. The lowest BCUT2D eigenvalue weighted by atomic mass is 9.97. The Kier molecular flexibility index (Phi) is 6.71. The van der Waals surface area contributed by atoms with Crippen molar-refractivity contribution in [1.29, 1.82) is 0 Å². The highest BCUT2D eigenvalue weighted by Crippen LogP contribution is 2.22. The molecular weight excluding hydrogens is 344 g/mol. The van der Waals surface area contributed by atoms with Gasteiger partial charge in [0.2, 0.25) is 0 Å². The Bertz CT molecular complexity index is 799. The number of nitrogens with one attached hydrogen (secondary N) is 1. The van der Waals surface area contributed by atoms with Crippen LogP contribution < -0.4 is 16.2 Å². The van der Waals surface area contributed by atoms with Gasteiger partial charge in [0.15, 0.2) is 11.5 Å². The first-order valence-electron chi connectivity index (χ1n) is 10.2. The first kappa shape index (κ1) is 19.7. The standard InChI is InChI=1S/C19H32N6O2/c1-3-5-9-24-10-7-8-14(12-24)13-25-17-15(21-19(25)26)16(20)22-18(23-17)27-11-6-4-2/h14H,3-13H2,1-2H3,(H,21,26)(H2,20,22,23). The van der Waals surface area contributed by atoms with Crippen molar-refractivity contribution in [2.75, 3.05) is 32.0 Å². The average molecular weight is 377 g/mol. The van der Waals surface area contributed by atoms with Gasteiger partial charge in [-0.25, -0.2) is 4.79 Å². The van der Waals surface area contributed by atoms with Gasteiger partial charge in [0.05, 0.1) is 6.61 Å². The molecule has 1 aliphatic heterocycles. The van der Waals surface area contributed by atoms with E-state index < -0.39 is 0 Å². The molecule has 0 spiro atoms. The number of anilines is 1. The number of ether oxygens (including phenoxy) is 1. The topological polar surface area (TPSA) is 102 Å². The van der Waals surface area contributed by atoms with Gasteiger partial charge in [-0.1, -0.05) is 26.7 Å². The van der Waals surface area contributed by atoms with Gasteiger partial charge in [-0.2, -0.15) is 9.97 Å². The number of nitrogens with zero attached hydrogens (tertiary/aromatic N) is 4. The Balaban J connectivity index is 1.79. The number of nitrogen functional groups attached to an aromatic ring is 1. The second-order valence-corrected chi connectivity index (χ2v) is 7.50. The number of unbranched alkanes of at least 4 members (excludes halogenated alkanes) is 2. The molecule has 0 radical (unpaired) electrons. The van der Waals surface area contributed by atoms with Gasteiger partial charge in [0.25, 0.3) is 0 Å². The lowest BCUT2D eigenvalue weighted by Crippen LogP contribution is -2.38. The van der Waals surface area contributed by atoms with E-state index >= 15 is 0 Å². The van der Waals surface area contributed by atoms with Crippen molar-refractivity contribution in [3.8, 4) is 6.01 Å². The highest BCUT2D eigenvalue weighted by Gasteiger charge is 2.23. The Morgan fingerprint density at radius 2 is 2.07 bits per heavy atom. The van der Waals surface area contributed by atoms with Crippen LogP contribution in [0.4, 0.5) is 5.82 Å². The average Bonchev–Trinajstić information content (AvgIpc) is 2.97. The van der Waals surface area contributed by atoms with Gasteiger partial charge >= 0.3 is 11.7 Å². The molecule has 0 amide bonds. The molecule has 0 aliphatic carbocycles. The molecule has 8 heteroatoms. The summed E-state index contributed by atoms with van der Waals surface area (Å²) in [6.07, 6.45) is 6.69. The molecule has 1 fully saturated rings. The zero-order chi connectivity index (χ0) is 19.2. The SMILES string of the molecule is CCCCOc1nc(N)c2[nH]c(=O)n(CC3CCCN(CCCC)C3)c2n1. The first-order chi connectivity index (χ1) is 13.1. The van der Waals surface area contributed by atoms with E-state index in [1.807, 2.05) is 0 Å². The lowest BCUT2D eigenvalue weighted by Gasteiger charge is -2.32. The van der Waals surface area contributed by atoms with E-state index in [1.165, 1.54) is 19.3 Å². The second kappa shape index (κ2) is 9.21. The minimum absolute atomic E-state index is 0.178. The Hall–Kier alpha value is -2.09. The van der Waals surface area contributed by atoms with Gasteiger partial charge in [0.1, 0.15) is 5.52 Å². The number of hydrogen-bond acceptors (Lipinski definition) is 6. The molecule has 3 heterocycles. The van der Waals surface area contributed by atoms with Crippen molar-refractivity contribution in [3.63, 3.8) is 0 Å². The number of H-pyrrole nitrogens is 1. The summed E-state index contributed by atoms with van der Waals surface area (Å²) in [7, 11) is 0. The molecule has 3 rings (SSSR count). The number of hydrogen-bond donors (Lipinski definition) is 2. The fraction of sp³-hybridized carbons (Fsp3) is 0.737. The zero-order valence-electron chi connectivity index (χ0n) is 16.5. The molecule has 1 atom stereocenters. The van der Waals surface area contributed by atoms with E-state index in [1.54, 1.807) is 4.57 Å². The highest BCUT2D eigenvalue weighted by atomic mass is 16.5. The molecule has 2 aromatic heterocycles. The van der Waals surface area contributed by atoms with E-state index in [0.29, 0.717) is 30.2 Å². The monoisotopic (exact) mass is 376 g/mol. The Morgan fingerprint density at radius 3 is 2.85 bits per heavy atom. The highest BCUT2D eigenvalue weighted by molar-refractivity contribution is 5.81. The van der Waals surface area contributed by atoms with E-state index in [4.69, 9.17) is 10.5 Å². The molecule has 0 bridgehead atoms. The molecule has 2 aromatic rings. The summed E-state index contributed by atoms with van der Waals surface area (Å²) in [5, 5.41) is 0. The summed E-state index contributed by atoms with van der Waals surface area (Å²) < 4.78 is 7.31. The summed E-state index contributed by atoms with van der Waals surface area (Å²) in [5.41, 5.74) is 6.90. The van der Waals surface area contributed by atoms with Crippen molar-refractivity contribution in [3.05, 3.63) is 10.5 Å². The maximum Gasteiger partial charge on any atom is 0.327 e. The molecule has 150 valence electrons. The lowest BCUT2D eigenvalue weighted by molar-refractivity contribution is 0.161. The molecule has 8 nitrogen and oxygen atoms in total. The normalized spacial score (nSPS) is 18.2. The van der Waals surface area contributed by atoms with Crippen LogP contribution in [0.15, 0.2) is 4.79 Å². The fourth-order valence-corrected chi connectivity index (χ4v) is 3.72. The maximum absolute atomic E-state index is 12.5. The van der Waals surface area contributed by atoms with Crippen LogP contribution in [0, 0.1) is 5.92 Å². The number of aromatic nitrogens is 4. The Morgan fingerprint density at radius 1 is 1.26 bits per heavy atom. The van der Waals surface area contributed by atoms with Gasteiger partial charge in [-0.05, 0) is 44.7 Å². The number of rotatable bonds is 9. The molecule has 0 saturated carbocycles. The number of likely N-dealkylation sites (tertiary alicyclic amines) is 1. The Labute approximate surface area is 160 Å². The third-order valence-electron chi connectivity index (χ3n) is 5.23. The third kappa shape index (κ3) is 4.80. The van der Waals surface area contributed by atoms with E-state index in [2.05, 4.69) is 33.7 Å². The molecule has 1 saturated heterocycles. The van der Waals surface area contributed by atoms with Gasteiger partial charge in [-0.15, -0.1) is 0 Å². The van der Waals surface area contributed by atoms with Crippen LogP contribution in [0.5, 0.6) is 6.01 Å². The minimum atomic E-state index is -0.178. The minimum Gasteiger partial charge on any atom is -0.463 e. The van der Waals surface area contributed by atoms with Crippen LogP contribution in [-0.2, 0) is 6.54 Å². The summed E-state index contributed by atoms with van der Waals surface area (Å²) in [5.74, 6) is 0.698. The van der Waals surface area contributed by atoms with Crippen LogP contribution >= 0.6 is 0 Å². The third-order valence-corrected chi connectivity index (χ3v) is 5.23. The van der Waals surface area contributed by atoms with Gasteiger partial charge in [0, 0.05) is 13.1 Å². The summed E-state index contributed by atoms with van der Waals surface area (Å²) in [6, 6.07) is 0.245. The molecule has 27 heavy (non-hydrogen) atoms. The van der Waals surface area contributed by atoms with Crippen molar-refractivity contribution < 1.29 is 4.74 Å². The van der Waals surface area contributed by atoms with Crippen LogP contribution in [0.25, 0.3) is 11.2 Å². The summed E-state index contributed by atoms with van der Waals surface area (Å²) >= 11 is 0. The zero-order valence-corrected chi connectivity index (χ0v) is 16.5. The summed E-state index contributed by atoms with van der Waals surface area (Å²) in [6.45, 7) is 8.83. The largest absolute Gasteiger partial charge is 0.463 e. The predicted molar refractivity (Wildman–Crippen MR) is 107 cm³/mol. The molecule has 1 aliphatic rings. The molecular formula is C19H32N6O2. The van der Waals surface area contributed by atoms with E-state index in [-0.39, 0.29) is 17.5 Å². The quantitative estimate of drug-likeness (QED) is 0.652. The predicted octanol–water partition coefficient (Wildman–Crippen LogP) is 2.39. The molecule has 0 aromatic carbocycles. The number of imidazole rings is 1. The van der Waals surface area contributed by atoms with Crippen LogP contribution in [0.3, 0.4) is 0 Å². The second-order valence-electron chi connectivity index (χ2n) is 7.50. The van der Waals surface area contributed by atoms with Crippen molar-refractivity contribution in [2.24, 2.45) is 5.92 Å².